The molecule has 4 nitrogen and oxygen atoms in total. The molecular formula is C25H20O4. The molecule has 144 valence electrons. The molecule has 0 bridgehead atoms. The zero-order valence-corrected chi connectivity index (χ0v) is 15.7. The summed E-state index contributed by atoms with van der Waals surface area (Å²) in [7, 11) is 0. The molecule has 0 saturated carbocycles. The Kier molecular flexibility index (Phi) is 5.43. The van der Waals surface area contributed by atoms with Crippen molar-refractivity contribution in [2.45, 2.75) is 0 Å². The number of carboxylic acids is 1. The highest BCUT2D eigenvalue weighted by molar-refractivity contribution is 5.96. The molecule has 4 aromatic rings. The van der Waals surface area contributed by atoms with E-state index in [0.717, 1.165) is 33.5 Å². The Balaban J connectivity index is 1.47. The summed E-state index contributed by atoms with van der Waals surface area (Å²) < 4.78 is 11.7. The highest BCUT2D eigenvalue weighted by Gasteiger charge is 2.07. The Bertz CT molecular complexity index is 1190. The van der Waals surface area contributed by atoms with Gasteiger partial charge < -0.3 is 14.6 Å². The average Bonchev–Trinajstić information content (AvgIpc) is 2.75. The van der Waals surface area contributed by atoms with Gasteiger partial charge in [0, 0.05) is 11.6 Å². The predicted molar refractivity (Wildman–Crippen MR) is 116 cm³/mol. The maximum Gasteiger partial charge on any atom is 0.328 e. The molecule has 4 rings (SSSR count). The molecule has 4 aromatic carbocycles. The molecule has 0 unspecified atom stereocenters. The number of rotatable bonds is 7. The molecule has 0 aromatic heterocycles. The van der Waals surface area contributed by atoms with Gasteiger partial charge in [0.15, 0.2) is 0 Å². The van der Waals surface area contributed by atoms with Crippen LogP contribution in [0.3, 0.4) is 0 Å². The molecule has 1 N–H and O–H groups in total. The summed E-state index contributed by atoms with van der Waals surface area (Å²) in [5.74, 6) is 0.420. The second-order valence-corrected chi connectivity index (χ2v) is 6.58. The van der Waals surface area contributed by atoms with E-state index in [9.17, 15) is 4.79 Å². The van der Waals surface area contributed by atoms with E-state index < -0.39 is 5.97 Å². The van der Waals surface area contributed by atoms with Gasteiger partial charge in [-0.3, -0.25) is 0 Å². The minimum absolute atomic E-state index is 0.346. The Hall–Kier alpha value is -3.79. The van der Waals surface area contributed by atoms with Crippen LogP contribution in [0, 0.1) is 0 Å². The molecule has 0 aliphatic heterocycles. The lowest BCUT2D eigenvalue weighted by Gasteiger charge is -2.13. The van der Waals surface area contributed by atoms with Gasteiger partial charge in [-0.05, 0) is 45.8 Å². The number of aliphatic carboxylic acids is 1. The van der Waals surface area contributed by atoms with Crippen molar-refractivity contribution in [1.82, 2.24) is 0 Å². The number of hydrogen-bond acceptors (Lipinski definition) is 3. The Morgan fingerprint density at radius 2 is 1.48 bits per heavy atom. The van der Waals surface area contributed by atoms with Crippen molar-refractivity contribution >= 4 is 33.6 Å². The second kappa shape index (κ2) is 8.48. The Morgan fingerprint density at radius 3 is 2.31 bits per heavy atom. The van der Waals surface area contributed by atoms with Crippen molar-refractivity contribution in [2.75, 3.05) is 13.2 Å². The van der Waals surface area contributed by atoms with E-state index in [0.29, 0.717) is 19.0 Å². The summed E-state index contributed by atoms with van der Waals surface area (Å²) in [5.41, 5.74) is 0.746. The second-order valence-electron chi connectivity index (χ2n) is 6.58. The number of fused-ring (bicyclic) bond motifs is 2. The molecular weight excluding hydrogens is 364 g/mol. The van der Waals surface area contributed by atoms with Crippen LogP contribution < -0.4 is 9.47 Å². The molecule has 29 heavy (non-hydrogen) atoms. The van der Waals surface area contributed by atoms with Gasteiger partial charge in [-0.15, -0.1) is 0 Å². The predicted octanol–water partition coefficient (Wildman–Crippen LogP) is 5.55. The fourth-order valence-corrected chi connectivity index (χ4v) is 3.30. The van der Waals surface area contributed by atoms with E-state index in [2.05, 4.69) is 12.1 Å². The highest BCUT2D eigenvalue weighted by atomic mass is 16.5. The Labute approximate surface area is 168 Å². The molecule has 0 saturated heterocycles. The number of carboxylic acid groups (broad SMARTS) is 1. The first kappa shape index (κ1) is 18.6. The van der Waals surface area contributed by atoms with Crippen molar-refractivity contribution in [3.05, 3.63) is 90.5 Å². The van der Waals surface area contributed by atoms with Crippen molar-refractivity contribution in [3.63, 3.8) is 0 Å². The van der Waals surface area contributed by atoms with Gasteiger partial charge in [0.05, 0.1) is 0 Å². The van der Waals surface area contributed by atoms with Crippen LogP contribution in [0.2, 0.25) is 0 Å². The normalized spacial score (nSPS) is 11.2. The summed E-state index contributed by atoms with van der Waals surface area (Å²) >= 11 is 0. The SMILES string of the molecule is O=C(O)C=Cc1c(OCCOc2ccc3ccccc3c2)ccc2ccccc12. The average molecular weight is 384 g/mol. The molecule has 0 atom stereocenters. The lowest BCUT2D eigenvalue weighted by atomic mass is 10.0. The molecule has 0 aliphatic rings. The summed E-state index contributed by atoms with van der Waals surface area (Å²) in [6.07, 6.45) is 2.70. The molecule has 0 aliphatic carbocycles. The van der Waals surface area contributed by atoms with Crippen LogP contribution in [0.15, 0.2) is 84.9 Å². The van der Waals surface area contributed by atoms with Gasteiger partial charge in [-0.1, -0.05) is 60.7 Å². The molecule has 0 amide bonds. The van der Waals surface area contributed by atoms with E-state index in [1.807, 2.05) is 66.7 Å². The third kappa shape index (κ3) is 4.38. The van der Waals surface area contributed by atoms with Crippen LogP contribution in [0.4, 0.5) is 0 Å². The molecule has 0 radical (unpaired) electrons. The maximum atomic E-state index is 11.0. The molecule has 4 heteroatoms. The van der Waals surface area contributed by atoms with Crippen molar-refractivity contribution in [1.29, 1.82) is 0 Å². The smallest absolute Gasteiger partial charge is 0.328 e. The van der Waals surface area contributed by atoms with E-state index in [4.69, 9.17) is 14.6 Å². The van der Waals surface area contributed by atoms with Crippen LogP contribution in [0.1, 0.15) is 5.56 Å². The molecule has 0 spiro atoms. The van der Waals surface area contributed by atoms with Crippen LogP contribution in [-0.4, -0.2) is 24.3 Å². The van der Waals surface area contributed by atoms with E-state index in [-0.39, 0.29) is 0 Å². The number of hydrogen-bond donors (Lipinski definition) is 1. The summed E-state index contributed by atoms with van der Waals surface area (Å²) in [6, 6.07) is 25.7. The fraction of sp³-hybridized carbons (Fsp3) is 0.0800. The van der Waals surface area contributed by atoms with Crippen molar-refractivity contribution in [2.24, 2.45) is 0 Å². The van der Waals surface area contributed by atoms with Crippen LogP contribution >= 0.6 is 0 Å². The maximum absolute atomic E-state index is 11.0. The number of benzene rings is 4. The van der Waals surface area contributed by atoms with Gasteiger partial charge in [-0.25, -0.2) is 4.79 Å². The quantitative estimate of drug-likeness (QED) is 0.335. The minimum Gasteiger partial charge on any atom is -0.490 e. The fourth-order valence-electron chi connectivity index (χ4n) is 3.30. The van der Waals surface area contributed by atoms with Gasteiger partial charge >= 0.3 is 5.97 Å². The summed E-state index contributed by atoms with van der Waals surface area (Å²) in [4.78, 5) is 11.0. The molecule has 0 fully saturated rings. The van der Waals surface area contributed by atoms with E-state index in [1.165, 1.54) is 5.39 Å². The monoisotopic (exact) mass is 384 g/mol. The van der Waals surface area contributed by atoms with Gasteiger partial charge in [0.25, 0.3) is 0 Å². The van der Waals surface area contributed by atoms with Gasteiger partial charge in [-0.2, -0.15) is 0 Å². The largest absolute Gasteiger partial charge is 0.490 e. The summed E-state index contributed by atoms with van der Waals surface area (Å²) in [6.45, 7) is 0.729. The standard InChI is InChI=1S/C25H20O4/c26-25(27)14-12-23-22-8-4-3-6-19(22)10-13-24(23)29-16-15-28-21-11-9-18-5-1-2-7-20(18)17-21/h1-14,17H,15-16H2,(H,26,27). The van der Waals surface area contributed by atoms with E-state index in [1.54, 1.807) is 6.08 Å². The first-order valence-corrected chi connectivity index (χ1v) is 9.38. The minimum atomic E-state index is -0.997. The van der Waals surface area contributed by atoms with Crippen LogP contribution in [-0.2, 0) is 4.79 Å². The number of ether oxygens (including phenoxy) is 2. The van der Waals surface area contributed by atoms with Crippen LogP contribution in [0.5, 0.6) is 11.5 Å². The van der Waals surface area contributed by atoms with Gasteiger partial charge in [0.2, 0.25) is 0 Å². The van der Waals surface area contributed by atoms with Crippen LogP contribution in [0.25, 0.3) is 27.6 Å². The zero-order chi connectivity index (χ0) is 20.1. The van der Waals surface area contributed by atoms with Crippen molar-refractivity contribution < 1.29 is 19.4 Å². The third-order valence-electron chi connectivity index (χ3n) is 4.65. The lowest BCUT2D eigenvalue weighted by Crippen LogP contribution is -2.09. The first-order valence-electron chi connectivity index (χ1n) is 9.38. The number of carbonyl (C=O) groups is 1. The first-order chi connectivity index (χ1) is 14.2. The topological polar surface area (TPSA) is 55.8 Å². The highest BCUT2D eigenvalue weighted by Crippen LogP contribution is 2.29. The van der Waals surface area contributed by atoms with Crippen molar-refractivity contribution in [3.8, 4) is 11.5 Å². The van der Waals surface area contributed by atoms with Gasteiger partial charge in [0.1, 0.15) is 24.7 Å². The molecule has 0 heterocycles. The lowest BCUT2D eigenvalue weighted by molar-refractivity contribution is -0.131. The van der Waals surface area contributed by atoms with E-state index >= 15 is 0 Å². The summed E-state index contributed by atoms with van der Waals surface area (Å²) in [5, 5.41) is 13.3. The zero-order valence-electron chi connectivity index (χ0n) is 15.7. The Morgan fingerprint density at radius 1 is 0.793 bits per heavy atom. The third-order valence-corrected chi connectivity index (χ3v) is 4.65.